The molecule has 0 aliphatic carbocycles. The van der Waals surface area contributed by atoms with E-state index >= 15 is 0 Å². The quantitative estimate of drug-likeness (QED) is 0.939. The number of hydrogen-bond acceptors (Lipinski definition) is 5. The van der Waals surface area contributed by atoms with E-state index in [0.29, 0.717) is 27.4 Å². The summed E-state index contributed by atoms with van der Waals surface area (Å²) in [5.41, 5.74) is 0.626. The van der Waals surface area contributed by atoms with E-state index in [1.165, 1.54) is 7.11 Å². The van der Waals surface area contributed by atoms with Crippen LogP contribution in [-0.2, 0) is 0 Å². The SMILES string of the molecule is CNc1nc(OC)nc(-c2cccc(Cl)c2Cl)n1. The van der Waals surface area contributed by atoms with E-state index in [4.69, 9.17) is 27.9 Å². The van der Waals surface area contributed by atoms with Crippen LogP contribution in [0.4, 0.5) is 5.95 Å². The number of halogens is 2. The van der Waals surface area contributed by atoms with Gasteiger partial charge in [-0.05, 0) is 12.1 Å². The van der Waals surface area contributed by atoms with Gasteiger partial charge in [0.15, 0.2) is 5.82 Å². The fourth-order valence-corrected chi connectivity index (χ4v) is 1.74. The van der Waals surface area contributed by atoms with Gasteiger partial charge >= 0.3 is 6.01 Å². The fourth-order valence-electron chi connectivity index (χ4n) is 1.36. The second kappa shape index (κ2) is 5.37. The minimum absolute atomic E-state index is 0.209. The van der Waals surface area contributed by atoms with Gasteiger partial charge in [-0.2, -0.15) is 15.0 Å². The highest BCUT2D eigenvalue weighted by atomic mass is 35.5. The van der Waals surface area contributed by atoms with Gasteiger partial charge in [0.2, 0.25) is 5.95 Å². The molecule has 0 atom stereocenters. The highest BCUT2D eigenvalue weighted by Crippen LogP contribution is 2.32. The molecule has 2 rings (SSSR count). The molecule has 0 unspecified atom stereocenters. The standard InChI is InChI=1S/C11H10Cl2N4O/c1-14-10-15-9(16-11(17-10)18-2)6-4-3-5-7(12)8(6)13/h3-5H,1-2H3,(H,14,15,16,17). The van der Waals surface area contributed by atoms with Crippen molar-refractivity contribution < 1.29 is 4.74 Å². The maximum absolute atomic E-state index is 6.13. The first-order chi connectivity index (χ1) is 8.65. The van der Waals surface area contributed by atoms with E-state index in [1.807, 2.05) is 0 Å². The van der Waals surface area contributed by atoms with Crippen molar-refractivity contribution in [2.45, 2.75) is 0 Å². The normalized spacial score (nSPS) is 10.2. The molecule has 1 heterocycles. The summed E-state index contributed by atoms with van der Waals surface area (Å²) in [5.74, 6) is 0.798. The Morgan fingerprint density at radius 1 is 1.17 bits per heavy atom. The lowest BCUT2D eigenvalue weighted by Crippen LogP contribution is -2.03. The summed E-state index contributed by atoms with van der Waals surface area (Å²) in [4.78, 5) is 12.4. The first-order valence-corrected chi connectivity index (χ1v) is 5.83. The summed E-state index contributed by atoms with van der Waals surface area (Å²) in [6, 6.07) is 5.46. The maximum Gasteiger partial charge on any atom is 0.321 e. The molecule has 94 valence electrons. The summed E-state index contributed by atoms with van der Waals surface area (Å²) < 4.78 is 5.01. The molecule has 7 heteroatoms. The second-order valence-corrected chi connectivity index (χ2v) is 4.11. The third-order valence-corrected chi connectivity index (χ3v) is 3.03. The zero-order chi connectivity index (χ0) is 13.1. The van der Waals surface area contributed by atoms with Gasteiger partial charge in [-0.25, -0.2) is 0 Å². The Labute approximate surface area is 114 Å². The average molecular weight is 285 g/mol. The summed E-state index contributed by atoms with van der Waals surface area (Å²) in [5, 5.41) is 3.67. The van der Waals surface area contributed by atoms with E-state index in [2.05, 4.69) is 20.3 Å². The Hall–Kier alpha value is -1.59. The lowest BCUT2D eigenvalue weighted by molar-refractivity contribution is 0.379. The predicted molar refractivity (Wildman–Crippen MR) is 71.4 cm³/mol. The first-order valence-electron chi connectivity index (χ1n) is 5.08. The Bertz CT molecular complexity index is 555. The molecule has 1 aromatic heterocycles. The van der Waals surface area contributed by atoms with E-state index in [9.17, 15) is 0 Å². The Morgan fingerprint density at radius 2 is 1.94 bits per heavy atom. The molecule has 0 fully saturated rings. The largest absolute Gasteiger partial charge is 0.467 e. The van der Waals surface area contributed by atoms with Crippen LogP contribution in [0.3, 0.4) is 0 Å². The molecule has 1 N–H and O–H groups in total. The van der Waals surface area contributed by atoms with E-state index in [-0.39, 0.29) is 6.01 Å². The molecule has 2 aromatic rings. The monoisotopic (exact) mass is 284 g/mol. The second-order valence-electron chi connectivity index (χ2n) is 3.32. The van der Waals surface area contributed by atoms with Gasteiger partial charge in [0.05, 0.1) is 17.2 Å². The summed E-state index contributed by atoms with van der Waals surface area (Å²) in [6.45, 7) is 0. The van der Waals surface area contributed by atoms with Crippen molar-refractivity contribution in [3.8, 4) is 17.4 Å². The number of aromatic nitrogens is 3. The van der Waals surface area contributed by atoms with Crippen molar-refractivity contribution >= 4 is 29.2 Å². The number of nitrogens with one attached hydrogen (secondary N) is 1. The molecule has 0 saturated carbocycles. The zero-order valence-corrected chi connectivity index (χ0v) is 11.2. The minimum Gasteiger partial charge on any atom is -0.467 e. The molecule has 0 bridgehead atoms. The molecule has 5 nitrogen and oxygen atoms in total. The van der Waals surface area contributed by atoms with Gasteiger partial charge in [0.25, 0.3) is 0 Å². The molecule has 0 amide bonds. The van der Waals surface area contributed by atoms with Crippen molar-refractivity contribution in [3.05, 3.63) is 28.2 Å². The van der Waals surface area contributed by atoms with E-state index < -0.39 is 0 Å². The van der Waals surface area contributed by atoms with Crippen LogP contribution in [0.1, 0.15) is 0 Å². The maximum atomic E-state index is 6.13. The Balaban J connectivity index is 2.59. The topological polar surface area (TPSA) is 59.9 Å². The van der Waals surface area contributed by atoms with Crippen LogP contribution in [0.15, 0.2) is 18.2 Å². The summed E-state index contributed by atoms with van der Waals surface area (Å²) in [7, 11) is 3.19. The summed E-state index contributed by atoms with van der Waals surface area (Å²) >= 11 is 12.1. The smallest absolute Gasteiger partial charge is 0.321 e. The number of benzene rings is 1. The average Bonchev–Trinajstić information content (AvgIpc) is 2.41. The van der Waals surface area contributed by atoms with Gasteiger partial charge in [0.1, 0.15) is 0 Å². The zero-order valence-electron chi connectivity index (χ0n) is 9.74. The number of hydrogen-bond donors (Lipinski definition) is 1. The van der Waals surface area contributed by atoms with Crippen LogP contribution in [0.25, 0.3) is 11.4 Å². The lowest BCUT2D eigenvalue weighted by Gasteiger charge is -2.07. The molecule has 0 spiro atoms. The van der Waals surface area contributed by atoms with Crippen molar-refractivity contribution in [3.63, 3.8) is 0 Å². The lowest BCUT2D eigenvalue weighted by atomic mass is 10.2. The van der Waals surface area contributed by atoms with Crippen molar-refractivity contribution in [2.24, 2.45) is 0 Å². The number of nitrogens with zero attached hydrogens (tertiary/aromatic N) is 3. The Kier molecular flexibility index (Phi) is 3.84. The molecule has 0 radical (unpaired) electrons. The minimum atomic E-state index is 0.209. The molecule has 1 aromatic carbocycles. The molecule has 0 aliphatic rings. The number of ether oxygens (including phenoxy) is 1. The van der Waals surface area contributed by atoms with E-state index in [0.717, 1.165) is 0 Å². The highest BCUT2D eigenvalue weighted by Gasteiger charge is 2.12. The van der Waals surface area contributed by atoms with Crippen LogP contribution in [-0.4, -0.2) is 29.1 Å². The third kappa shape index (κ3) is 2.47. The van der Waals surface area contributed by atoms with E-state index in [1.54, 1.807) is 25.2 Å². The Morgan fingerprint density at radius 3 is 2.61 bits per heavy atom. The van der Waals surface area contributed by atoms with Crippen molar-refractivity contribution in [1.29, 1.82) is 0 Å². The van der Waals surface area contributed by atoms with Crippen LogP contribution in [0.5, 0.6) is 6.01 Å². The molecule has 18 heavy (non-hydrogen) atoms. The molecule has 0 saturated heterocycles. The fraction of sp³-hybridized carbons (Fsp3) is 0.182. The van der Waals surface area contributed by atoms with Crippen molar-refractivity contribution in [2.75, 3.05) is 19.5 Å². The number of rotatable bonds is 3. The number of anilines is 1. The van der Waals surface area contributed by atoms with Crippen LogP contribution in [0.2, 0.25) is 10.0 Å². The van der Waals surface area contributed by atoms with Crippen LogP contribution in [0, 0.1) is 0 Å². The van der Waals surface area contributed by atoms with Crippen LogP contribution >= 0.6 is 23.2 Å². The predicted octanol–water partition coefficient (Wildman–Crippen LogP) is 2.90. The molecular weight excluding hydrogens is 275 g/mol. The van der Waals surface area contributed by atoms with Gasteiger partial charge < -0.3 is 10.1 Å². The van der Waals surface area contributed by atoms with Gasteiger partial charge in [-0.3, -0.25) is 0 Å². The highest BCUT2D eigenvalue weighted by molar-refractivity contribution is 6.43. The molecule has 0 aliphatic heterocycles. The van der Waals surface area contributed by atoms with Gasteiger partial charge in [-0.15, -0.1) is 0 Å². The molecular formula is C11H10Cl2N4O. The third-order valence-electron chi connectivity index (χ3n) is 2.21. The van der Waals surface area contributed by atoms with Crippen molar-refractivity contribution in [1.82, 2.24) is 15.0 Å². The number of methoxy groups -OCH3 is 1. The first kappa shape index (κ1) is 12.9. The van der Waals surface area contributed by atoms with Gasteiger partial charge in [-0.1, -0.05) is 29.3 Å². The summed E-state index contributed by atoms with van der Waals surface area (Å²) in [6.07, 6.45) is 0. The van der Waals surface area contributed by atoms with Crippen LogP contribution < -0.4 is 10.1 Å². The van der Waals surface area contributed by atoms with Gasteiger partial charge in [0, 0.05) is 12.6 Å².